The van der Waals surface area contributed by atoms with Gasteiger partial charge in [0.25, 0.3) is 5.89 Å². The molecule has 0 bridgehead atoms. The fourth-order valence-electron chi connectivity index (χ4n) is 3.18. The number of morpholine rings is 1. The molecule has 3 aromatic rings. The molecule has 164 valence electrons. The van der Waals surface area contributed by atoms with Gasteiger partial charge < -0.3 is 18.7 Å². The summed E-state index contributed by atoms with van der Waals surface area (Å²) in [7, 11) is -1.95. The summed E-state index contributed by atoms with van der Waals surface area (Å²) < 4.78 is 48.7. The van der Waals surface area contributed by atoms with E-state index in [4.69, 9.17) is 18.7 Å². The van der Waals surface area contributed by atoms with E-state index in [9.17, 15) is 8.42 Å². The Bertz CT molecular complexity index is 1100. The largest absolute Gasteiger partial charge is 0.497 e. The van der Waals surface area contributed by atoms with Crippen LogP contribution in [-0.2, 0) is 14.8 Å². The molecular formula is C21H23N3O6S. The van der Waals surface area contributed by atoms with E-state index in [1.807, 2.05) is 36.4 Å². The van der Waals surface area contributed by atoms with E-state index in [0.717, 1.165) is 5.56 Å². The normalized spacial score (nSPS) is 17.4. The molecular weight excluding hydrogens is 422 g/mol. The summed E-state index contributed by atoms with van der Waals surface area (Å²) in [6, 6.07) is 16.4. The van der Waals surface area contributed by atoms with Crippen molar-refractivity contribution in [3.63, 3.8) is 0 Å². The molecule has 31 heavy (non-hydrogen) atoms. The molecule has 4 rings (SSSR count). The summed E-state index contributed by atoms with van der Waals surface area (Å²) in [4.78, 5) is 4.39. The predicted octanol–water partition coefficient (Wildman–Crippen LogP) is 2.53. The number of rotatable bonds is 8. The Kier molecular flexibility index (Phi) is 6.50. The van der Waals surface area contributed by atoms with Gasteiger partial charge in [-0.05, 0) is 24.3 Å². The Morgan fingerprint density at radius 1 is 1.13 bits per heavy atom. The molecule has 0 radical (unpaired) electrons. The van der Waals surface area contributed by atoms with Gasteiger partial charge >= 0.3 is 0 Å². The topological polar surface area (TPSA) is 104 Å². The van der Waals surface area contributed by atoms with Crippen LogP contribution in [0, 0.1) is 0 Å². The van der Waals surface area contributed by atoms with Crippen LogP contribution in [0.5, 0.6) is 11.5 Å². The van der Waals surface area contributed by atoms with Crippen molar-refractivity contribution in [3.8, 4) is 22.9 Å². The second-order valence-corrected chi connectivity index (χ2v) is 8.97. The molecule has 9 nitrogen and oxygen atoms in total. The number of benzene rings is 2. The van der Waals surface area contributed by atoms with Gasteiger partial charge in [-0.1, -0.05) is 35.5 Å². The molecule has 0 unspecified atom stereocenters. The predicted molar refractivity (Wildman–Crippen MR) is 112 cm³/mol. The number of sulfonamides is 1. The van der Waals surface area contributed by atoms with E-state index >= 15 is 0 Å². The van der Waals surface area contributed by atoms with E-state index in [1.165, 1.54) is 4.31 Å². The highest BCUT2D eigenvalue weighted by atomic mass is 32.2. The lowest BCUT2D eigenvalue weighted by molar-refractivity contribution is -0.0200. The minimum absolute atomic E-state index is 0.0644. The molecule has 2 aromatic carbocycles. The number of aromatic nitrogens is 2. The zero-order valence-corrected chi connectivity index (χ0v) is 17.8. The molecule has 1 fully saturated rings. The number of para-hydroxylation sites is 1. The summed E-state index contributed by atoms with van der Waals surface area (Å²) in [5.41, 5.74) is 0.729. The fourth-order valence-corrected chi connectivity index (χ4v) is 4.45. The van der Waals surface area contributed by atoms with Crippen LogP contribution in [0.2, 0.25) is 0 Å². The summed E-state index contributed by atoms with van der Waals surface area (Å²) in [5.74, 6) is 1.79. The SMILES string of the molecule is COc1cccc(-c2noc([C@H]3CN(S(=O)(=O)CCOc4ccccc4)CCO3)n2)c1. The molecule has 1 saturated heterocycles. The molecule has 0 N–H and O–H groups in total. The molecule has 1 aromatic heterocycles. The van der Waals surface area contributed by atoms with Crippen LogP contribution in [0.3, 0.4) is 0 Å². The first-order valence-corrected chi connectivity index (χ1v) is 11.4. The van der Waals surface area contributed by atoms with Gasteiger partial charge in [-0.3, -0.25) is 0 Å². The van der Waals surface area contributed by atoms with Crippen LogP contribution in [-0.4, -0.2) is 62.0 Å². The third-order valence-electron chi connectivity index (χ3n) is 4.82. The maximum atomic E-state index is 12.8. The second-order valence-electron chi connectivity index (χ2n) is 6.88. The van der Waals surface area contributed by atoms with Crippen molar-refractivity contribution in [2.45, 2.75) is 6.10 Å². The smallest absolute Gasteiger partial charge is 0.257 e. The van der Waals surface area contributed by atoms with Crippen molar-refractivity contribution < 1.29 is 27.2 Å². The standard InChI is InChI=1S/C21H23N3O6S/c1-27-18-9-5-6-16(14-18)20-22-21(30-23-20)19-15-24(10-11-29-19)31(25,26)13-12-28-17-7-3-2-4-8-17/h2-9,14,19H,10-13,15H2,1H3/t19-/m1/s1. The number of methoxy groups -OCH3 is 1. The van der Waals surface area contributed by atoms with Gasteiger partial charge in [-0.15, -0.1) is 0 Å². The lowest BCUT2D eigenvalue weighted by Crippen LogP contribution is -2.44. The quantitative estimate of drug-likeness (QED) is 0.521. The molecule has 0 spiro atoms. The fraction of sp³-hybridized carbons (Fsp3) is 0.333. The maximum Gasteiger partial charge on any atom is 0.257 e. The Labute approximate surface area is 180 Å². The van der Waals surface area contributed by atoms with Crippen molar-refractivity contribution in [2.24, 2.45) is 0 Å². The van der Waals surface area contributed by atoms with Crippen LogP contribution >= 0.6 is 0 Å². The van der Waals surface area contributed by atoms with Gasteiger partial charge in [-0.2, -0.15) is 9.29 Å². The van der Waals surface area contributed by atoms with Gasteiger partial charge in [-0.25, -0.2) is 8.42 Å². The summed E-state index contributed by atoms with van der Waals surface area (Å²) >= 11 is 0. The second kappa shape index (κ2) is 9.46. The van der Waals surface area contributed by atoms with Crippen molar-refractivity contribution in [1.82, 2.24) is 14.4 Å². The van der Waals surface area contributed by atoms with E-state index in [-0.39, 0.29) is 37.9 Å². The van der Waals surface area contributed by atoms with Crippen LogP contribution in [0.15, 0.2) is 59.1 Å². The van der Waals surface area contributed by atoms with E-state index in [1.54, 1.807) is 25.3 Å². The van der Waals surface area contributed by atoms with Crippen molar-refractivity contribution in [2.75, 3.05) is 39.2 Å². The third kappa shape index (κ3) is 5.22. The molecule has 1 atom stereocenters. The first-order valence-electron chi connectivity index (χ1n) is 9.80. The van der Waals surface area contributed by atoms with E-state index < -0.39 is 16.1 Å². The molecule has 0 amide bonds. The van der Waals surface area contributed by atoms with Crippen LogP contribution in [0.4, 0.5) is 0 Å². The zero-order valence-electron chi connectivity index (χ0n) is 17.0. The van der Waals surface area contributed by atoms with Crippen molar-refractivity contribution in [1.29, 1.82) is 0 Å². The lowest BCUT2D eigenvalue weighted by Gasteiger charge is -2.30. The highest BCUT2D eigenvalue weighted by Gasteiger charge is 2.33. The Hall–Kier alpha value is -2.95. The van der Waals surface area contributed by atoms with Gasteiger partial charge in [0.15, 0.2) is 6.10 Å². The summed E-state index contributed by atoms with van der Waals surface area (Å²) in [6.07, 6.45) is -0.634. The van der Waals surface area contributed by atoms with Gasteiger partial charge in [0.1, 0.15) is 18.1 Å². The van der Waals surface area contributed by atoms with Crippen LogP contribution < -0.4 is 9.47 Å². The molecule has 10 heteroatoms. The highest BCUT2D eigenvalue weighted by Crippen LogP contribution is 2.26. The Morgan fingerprint density at radius 2 is 1.94 bits per heavy atom. The number of hydrogen-bond donors (Lipinski definition) is 0. The average molecular weight is 445 g/mol. The van der Waals surface area contributed by atoms with Crippen LogP contribution in [0.1, 0.15) is 12.0 Å². The highest BCUT2D eigenvalue weighted by molar-refractivity contribution is 7.89. The van der Waals surface area contributed by atoms with Gasteiger partial charge in [0, 0.05) is 18.7 Å². The number of ether oxygens (including phenoxy) is 3. The molecule has 2 heterocycles. The van der Waals surface area contributed by atoms with Gasteiger partial charge in [0.2, 0.25) is 15.8 Å². The van der Waals surface area contributed by atoms with Gasteiger partial charge in [0.05, 0.1) is 19.5 Å². The average Bonchev–Trinajstić information content (AvgIpc) is 3.30. The third-order valence-corrected chi connectivity index (χ3v) is 6.62. The minimum Gasteiger partial charge on any atom is -0.497 e. The van der Waals surface area contributed by atoms with E-state index in [0.29, 0.717) is 17.3 Å². The zero-order chi connectivity index (χ0) is 21.7. The maximum absolute atomic E-state index is 12.8. The first-order chi connectivity index (χ1) is 15.0. The summed E-state index contributed by atoms with van der Waals surface area (Å²) in [6.45, 7) is 0.670. The molecule has 0 saturated carbocycles. The Morgan fingerprint density at radius 3 is 2.74 bits per heavy atom. The summed E-state index contributed by atoms with van der Waals surface area (Å²) in [5, 5.41) is 4.00. The molecule has 1 aliphatic rings. The Balaban J connectivity index is 1.39. The first kappa shape index (κ1) is 21.3. The molecule has 0 aliphatic carbocycles. The number of hydrogen-bond acceptors (Lipinski definition) is 8. The minimum atomic E-state index is -3.53. The van der Waals surface area contributed by atoms with E-state index in [2.05, 4.69) is 10.1 Å². The van der Waals surface area contributed by atoms with Crippen molar-refractivity contribution >= 4 is 10.0 Å². The van der Waals surface area contributed by atoms with Crippen LogP contribution in [0.25, 0.3) is 11.4 Å². The monoisotopic (exact) mass is 445 g/mol. The van der Waals surface area contributed by atoms with Crippen molar-refractivity contribution in [3.05, 3.63) is 60.5 Å². The lowest BCUT2D eigenvalue weighted by atomic mass is 10.2. The molecule has 1 aliphatic heterocycles. The number of nitrogens with zero attached hydrogens (tertiary/aromatic N) is 3.